The second kappa shape index (κ2) is 8.61. The molecule has 2 fully saturated rings. The molecule has 0 unspecified atom stereocenters. The van der Waals surface area contributed by atoms with Crippen molar-refractivity contribution in [2.45, 2.75) is 19.1 Å². The number of benzene rings is 3. The molecule has 0 radical (unpaired) electrons. The Morgan fingerprint density at radius 1 is 1.00 bits per heavy atom. The lowest BCUT2D eigenvalue weighted by Gasteiger charge is -2.29. The summed E-state index contributed by atoms with van der Waals surface area (Å²) in [5.74, 6) is -1.63. The zero-order valence-corrected chi connectivity index (χ0v) is 19.2. The van der Waals surface area contributed by atoms with Crippen LogP contribution < -0.4 is 14.7 Å². The molecule has 2 aliphatic heterocycles. The first-order valence-electron chi connectivity index (χ1n) is 10.6. The van der Waals surface area contributed by atoms with Gasteiger partial charge in [-0.3, -0.25) is 14.4 Å². The van der Waals surface area contributed by atoms with E-state index in [1.807, 2.05) is 37.3 Å². The van der Waals surface area contributed by atoms with E-state index < -0.39 is 29.8 Å². The summed E-state index contributed by atoms with van der Waals surface area (Å²) in [6.07, 6.45) is -1.01. The fraction of sp³-hybridized carbons (Fsp3) is 0.200. The molecule has 3 atom stereocenters. The van der Waals surface area contributed by atoms with Crippen LogP contribution in [0.25, 0.3) is 0 Å². The van der Waals surface area contributed by atoms with Crippen molar-refractivity contribution in [3.05, 3.63) is 88.6 Å². The van der Waals surface area contributed by atoms with Crippen LogP contribution in [-0.4, -0.2) is 24.5 Å². The number of imide groups is 1. The number of amides is 2. The van der Waals surface area contributed by atoms with Crippen LogP contribution in [0.5, 0.6) is 5.75 Å². The van der Waals surface area contributed by atoms with E-state index in [1.54, 1.807) is 41.5 Å². The van der Waals surface area contributed by atoms with Crippen molar-refractivity contribution in [1.29, 1.82) is 0 Å². The van der Waals surface area contributed by atoms with Gasteiger partial charge in [0.1, 0.15) is 17.5 Å². The average Bonchev–Trinajstić information content (AvgIpc) is 3.33. The molecule has 6 nitrogen and oxygen atoms in total. The molecule has 8 heteroatoms. The topological polar surface area (TPSA) is 59.1 Å². The van der Waals surface area contributed by atoms with Gasteiger partial charge < -0.3 is 4.74 Å². The maximum Gasteiger partial charge on any atom is 0.266 e. The Labute approximate surface area is 198 Å². The normalized spacial score (nSPS) is 22.1. The first kappa shape index (κ1) is 21.6. The number of fused-ring (bicyclic) bond motifs is 1. The van der Waals surface area contributed by atoms with Crippen LogP contribution in [-0.2, 0) is 14.4 Å². The summed E-state index contributed by atoms with van der Waals surface area (Å²) in [7, 11) is 0. The van der Waals surface area contributed by atoms with E-state index >= 15 is 0 Å². The zero-order chi connectivity index (χ0) is 23.1. The molecule has 3 aromatic carbocycles. The van der Waals surface area contributed by atoms with Crippen LogP contribution in [0.4, 0.5) is 15.8 Å². The number of hydrogen-bond acceptors (Lipinski definition) is 5. The van der Waals surface area contributed by atoms with Gasteiger partial charge in [-0.15, -0.1) is 0 Å². The molecular weight excluding hydrogens is 491 g/mol. The van der Waals surface area contributed by atoms with Crippen molar-refractivity contribution < 1.29 is 23.6 Å². The number of para-hydroxylation sites is 3. The summed E-state index contributed by atoms with van der Waals surface area (Å²) in [4.78, 5) is 34.4. The number of hydrogen-bond donors (Lipinski definition) is 0. The predicted molar refractivity (Wildman–Crippen MR) is 124 cm³/mol. The highest BCUT2D eigenvalue weighted by atomic mass is 79.9. The molecule has 168 valence electrons. The third-order valence-corrected chi connectivity index (χ3v) is 6.42. The maximum atomic E-state index is 14.0. The Morgan fingerprint density at radius 2 is 1.73 bits per heavy atom. The van der Waals surface area contributed by atoms with E-state index in [9.17, 15) is 14.0 Å². The summed E-state index contributed by atoms with van der Waals surface area (Å²) in [6.45, 7) is 2.23. The molecule has 2 heterocycles. The molecule has 0 aliphatic carbocycles. The lowest BCUT2D eigenvalue weighted by molar-refractivity contribution is -0.126. The van der Waals surface area contributed by atoms with Gasteiger partial charge in [0.15, 0.2) is 6.10 Å². The van der Waals surface area contributed by atoms with Gasteiger partial charge in [-0.05, 0) is 64.8 Å². The number of hydroxylamine groups is 1. The molecule has 0 spiro atoms. The van der Waals surface area contributed by atoms with Crippen molar-refractivity contribution >= 4 is 39.1 Å². The number of anilines is 2. The quantitative estimate of drug-likeness (QED) is 0.450. The highest BCUT2D eigenvalue weighted by molar-refractivity contribution is 9.10. The smallest absolute Gasteiger partial charge is 0.266 e. The highest BCUT2D eigenvalue weighted by Crippen LogP contribution is 2.48. The SMILES string of the molecule is CCOc1ccccc1N1C(=O)[C@@H]2[C@@H](c3ccc(F)c(Br)c3)N(c3ccccc3)O[C@H]2C1=O. The fourth-order valence-corrected chi connectivity index (χ4v) is 4.80. The van der Waals surface area contributed by atoms with E-state index in [4.69, 9.17) is 9.57 Å². The molecule has 0 bridgehead atoms. The fourth-order valence-electron chi connectivity index (χ4n) is 4.41. The van der Waals surface area contributed by atoms with E-state index in [-0.39, 0.29) is 10.4 Å². The first-order valence-corrected chi connectivity index (χ1v) is 11.4. The van der Waals surface area contributed by atoms with Crippen molar-refractivity contribution in [1.82, 2.24) is 0 Å². The van der Waals surface area contributed by atoms with Gasteiger partial charge in [0, 0.05) is 0 Å². The second-order valence-corrected chi connectivity index (χ2v) is 8.60. The molecule has 2 saturated heterocycles. The van der Waals surface area contributed by atoms with Crippen molar-refractivity contribution in [2.75, 3.05) is 16.6 Å². The lowest BCUT2D eigenvalue weighted by atomic mass is 9.90. The molecule has 0 saturated carbocycles. The van der Waals surface area contributed by atoms with Crippen molar-refractivity contribution in [2.24, 2.45) is 5.92 Å². The summed E-state index contributed by atoms with van der Waals surface area (Å²) in [5, 5.41) is 1.58. The molecular formula is C25H20BrFN2O4. The first-order chi connectivity index (χ1) is 16.0. The highest BCUT2D eigenvalue weighted by Gasteiger charge is 2.60. The minimum atomic E-state index is -1.01. The van der Waals surface area contributed by atoms with Gasteiger partial charge in [-0.2, -0.15) is 0 Å². The Bertz CT molecular complexity index is 1220. The van der Waals surface area contributed by atoms with Crippen molar-refractivity contribution in [3.63, 3.8) is 0 Å². The Morgan fingerprint density at radius 3 is 2.45 bits per heavy atom. The van der Waals surface area contributed by atoms with Gasteiger partial charge in [0.2, 0.25) is 5.91 Å². The van der Waals surface area contributed by atoms with Crippen LogP contribution >= 0.6 is 15.9 Å². The summed E-state index contributed by atoms with van der Waals surface area (Å²) < 4.78 is 19.9. The van der Waals surface area contributed by atoms with Gasteiger partial charge in [0.05, 0.1) is 28.5 Å². The molecule has 5 rings (SSSR count). The van der Waals surface area contributed by atoms with Crippen LogP contribution in [0.1, 0.15) is 18.5 Å². The van der Waals surface area contributed by atoms with Gasteiger partial charge >= 0.3 is 0 Å². The van der Waals surface area contributed by atoms with E-state index in [2.05, 4.69) is 15.9 Å². The van der Waals surface area contributed by atoms with E-state index in [0.29, 0.717) is 29.3 Å². The maximum absolute atomic E-state index is 14.0. The van der Waals surface area contributed by atoms with Crippen LogP contribution in [0.2, 0.25) is 0 Å². The molecule has 33 heavy (non-hydrogen) atoms. The number of nitrogens with zero attached hydrogens (tertiary/aromatic N) is 2. The van der Waals surface area contributed by atoms with E-state index in [0.717, 1.165) is 4.90 Å². The third-order valence-electron chi connectivity index (χ3n) is 5.82. The summed E-state index contributed by atoms with van der Waals surface area (Å²) >= 11 is 3.23. The Kier molecular flexibility index (Phi) is 5.64. The number of carbonyl (C=O) groups is 2. The number of ether oxygens (including phenoxy) is 1. The molecule has 0 aromatic heterocycles. The molecule has 2 aliphatic rings. The summed E-state index contributed by atoms with van der Waals surface area (Å²) in [5.41, 5.74) is 1.73. The third kappa shape index (κ3) is 3.59. The minimum absolute atomic E-state index is 0.270. The zero-order valence-electron chi connectivity index (χ0n) is 17.7. The Hall–Kier alpha value is -3.23. The second-order valence-electron chi connectivity index (χ2n) is 7.74. The monoisotopic (exact) mass is 510 g/mol. The van der Waals surface area contributed by atoms with Crippen LogP contribution in [0.3, 0.4) is 0 Å². The lowest BCUT2D eigenvalue weighted by Crippen LogP contribution is -2.37. The van der Waals surface area contributed by atoms with Gasteiger partial charge in [-0.1, -0.05) is 36.4 Å². The minimum Gasteiger partial charge on any atom is -0.492 e. The van der Waals surface area contributed by atoms with Gasteiger partial charge in [-0.25, -0.2) is 14.4 Å². The summed E-state index contributed by atoms with van der Waals surface area (Å²) in [6, 6.07) is 20.1. The standard InChI is InChI=1S/C25H20BrFN2O4/c1-2-32-20-11-7-6-10-19(20)28-24(30)21-22(15-12-13-18(27)17(26)14-15)29(33-23(21)25(28)31)16-8-4-3-5-9-16/h3-14,21-23H,2H2,1H3/t21-,22-,23-/m1/s1. The molecule has 2 amide bonds. The number of rotatable bonds is 5. The molecule has 0 N–H and O–H groups in total. The van der Waals surface area contributed by atoms with Gasteiger partial charge in [0.25, 0.3) is 5.91 Å². The molecule has 3 aromatic rings. The van der Waals surface area contributed by atoms with Crippen LogP contribution in [0.15, 0.2) is 77.3 Å². The number of carbonyl (C=O) groups excluding carboxylic acids is 2. The number of halogens is 2. The largest absolute Gasteiger partial charge is 0.492 e. The predicted octanol–water partition coefficient (Wildman–Crippen LogP) is 5.04. The van der Waals surface area contributed by atoms with Crippen molar-refractivity contribution in [3.8, 4) is 5.75 Å². The Balaban J connectivity index is 1.60. The average molecular weight is 511 g/mol. The van der Waals surface area contributed by atoms with Crippen LogP contribution in [0, 0.1) is 11.7 Å². The van der Waals surface area contributed by atoms with E-state index in [1.165, 1.54) is 6.07 Å².